The zero-order chi connectivity index (χ0) is 49.4. The van der Waals surface area contributed by atoms with Gasteiger partial charge in [-0.05, 0) is 123 Å². The minimum Gasteiger partial charge on any atom is -0.456 e. The maximum absolute atomic E-state index is 14.1. The first kappa shape index (κ1) is 47.9. The number of fused-ring (bicyclic) bond motifs is 3. The van der Waals surface area contributed by atoms with Crippen LogP contribution in [0.3, 0.4) is 0 Å². The number of rotatable bonds is 11. The monoisotopic (exact) mass is 994 g/mol. The average molecular weight is 995 g/mol. The van der Waals surface area contributed by atoms with Crippen LogP contribution in [0.15, 0.2) is 127 Å². The largest absolute Gasteiger partial charge is 0.456 e. The summed E-state index contributed by atoms with van der Waals surface area (Å²) in [5.74, 6) is -0.0159. The van der Waals surface area contributed by atoms with Crippen LogP contribution in [0.5, 0.6) is 0 Å². The van der Waals surface area contributed by atoms with Crippen LogP contribution in [0.4, 0.5) is 28.4 Å². The molecule has 8 rings (SSSR count). The van der Waals surface area contributed by atoms with Crippen molar-refractivity contribution in [3.05, 3.63) is 147 Å². The lowest BCUT2D eigenvalue weighted by molar-refractivity contribution is 0.480. The molecule has 0 radical (unpaired) electrons. The van der Waals surface area contributed by atoms with Gasteiger partial charge in [-0.2, -0.15) is 16.8 Å². The Morgan fingerprint density at radius 2 is 1.12 bits per heavy atom. The van der Waals surface area contributed by atoms with Gasteiger partial charge in [0.1, 0.15) is 21.1 Å². The van der Waals surface area contributed by atoms with Gasteiger partial charge in [0, 0.05) is 51.0 Å². The molecule has 2 aliphatic rings. The summed E-state index contributed by atoms with van der Waals surface area (Å²) in [5.41, 5.74) is 6.58. The standard InChI is InChI=1S/C49H46N4O11S4/c1-26-13-11-16-35-34(26)15-12-18-42(35)66(56,57)53-49-30(5)22-28(3)47(32(49)7)51-39-25-41-38(24-44(39)68(61,62)63)45(37-14-9-10-17-43(37)67(58,59)60)36-20-19-33(23-40(36)64-41)50-46-27(2)21-29(4)48(31(46)6)52-65(8,54)55/h9-25,50,52-53H,1-8H3,(H,58,59,60)(H,61,62,63). The van der Waals surface area contributed by atoms with E-state index in [9.17, 15) is 42.8 Å². The molecule has 0 unspecified atom stereocenters. The molecule has 5 N–H and O–H groups in total. The van der Waals surface area contributed by atoms with Crippen LogP contribution < -0.4 is 20.1 Å². The highest BCUT2D eigenvalue weighted by Gasteiger charge is 2.28. The fourth-order valence-corrected chi connectivity index (χ4v) is 12.3. The van der Waals surface area contributed by atoms with Gasteiger partial charge in [0.25, 0.3) is 30.3 Å². The Morgan fingerprint density at radius 1 is 0.515 bits per heavy atom. The van der Waals surface area contributed by atoms with Crippen LogP contribution in [0, 0.1) is 48.5 Å². The lowest BCUT2D eigenvalue weighted by atomic mass is 9.93. The summed E-state index contributed by atoms with van der Waals surface area (Å²) in [5, 5.41) is 4.63. The molecule has 0 fully saturated rings. The first-order chi connectivity index (χ1) is 31.7. The number of nitrogens with one attached hydrogen (secondary N) is 3. The number of anilines is 4. The number of hydrogen-bond acceptors (Lipinski definition) is 11. The number of sulfonamides is 2. The van der Waals surface area contributed by atoms with Gasteiger partial charge in [-0.15, -0.1) is 0 Å². The lowest BCUT2D eigenvalue weighted by Crippen LogP contribution is -2.17. The molecule has 352 valence electrons. The fraction of sp³-hybridized carbons (Fsp3) is 0.163. The Hall–Kier alpha value is -6.61. The molecule has 1 aliphatic heterocycles. The van der Waals surface area contributed by atoms with Gasteiger partial charge in [-0.1, -0.05) is 60.7 Å². The molecule has 0 aromatic heterocycles. The van der Waals surface area contributed by atoms with Crippen molar-refractivity contribution in [3.63, 3.8) is 0 Å². The molecular formula is C49H46N4O11S4. The van der Waals surface area contributed by atoms with Crippen molar-refractivity contribution in [2.45, 2.75) is 63.2 Å². The summed E-state index contributed by atoms with van der Waals surface area (Å²) in [7, 11) is -17.8. The van der Waals surface area contributed by atoms with E-state index >= 15 is 0 Å². The third kappa shape index (κ3) is 9.07. The second kappa shape index (κ2) is 17.2. The van der Waals surface area contributed by atoms with E-state index in [0.717, 1.165) is 28.8 Å². The molecule has 15 nitrogen and oxygen atoms in total. The topological polar surface area (TPSA) is 239 Å². The molecule has 0 saturated carbocycles. The number of benzene rings is 7. The normalized spacial score (nSPS) is 12.8. The average Bonchev–Trinajstić information content (AvgIpc) is 3.24. The Morgan fingerprint density at radius 3 is 1.79 bits per heavy atom. The van der Waals surface area contributed by atoms with Gasteiger partial charge in [-0.3, -0.25) is 18.5 Å². The maximum Gasteiger partial charge on any atom is 0.296 e. The summed E-state index contributed by atoms with van der Waals surface area (Å²) in [6.45, 7) is 12.4. The zero-order valence-electron chi connectivity index (χ0n) is 38.0. The molecule has 0 bridgehead atoms. The summed E-state index contributed by atoms with van der Waals surface area (Å²) in [4.78, 5) is 3.64. The molecule has 6 aromatic rings. The molecule has 19 heteroatoms. The quantitative estimate of drug-likeness (QED) is 0.0601. The van der Waals surface area contributed by atoms with Crippen molar-refractivity contribution in [2.75, 3.05) is 21.0 Å². The second-order valence-corrected chi connectivity index (χ2v) is 23.0. The molecule has 1 heterocycles. The van der Waals surface area contributed by atoms with E-state index in [0.29, 0.717) is 50.3 Å². The zero-order valence-corrected chi connectivity index (χ0v) is 41.2. The molecule has 0 atom stereocenters. The summed E-state index contributed by atoms with van der Waals surface area (Å²) in [6.07, 6.45) is 1.06. The van der Waals surface area contributed by atoms with Gasteiger partial charge >= 0.3 is 0 Å². The van der Waals surface area contributed by atoms with Crippen molar-refractivity contribution < 1.29 is 47.2 Å². The maximum atomic E-state index is 14.1. The Bertz CT molecular complexity index is 3960. The molecule has 0 saturated heterocycles. The van der Waals surface area contributed by atoms with Crippen molar-refractivity contribution in [1.29, 1.82) is 0 Å². The van der Waals surface area contributed by atoms with E-state index < -0.39 is 50.1 Å². The first-order valence-corrected chi connectivity index (χ1v) is 27.1. The van der Waals surface area contributed by atoms with E-state index in [1.54, 1.807) is 77.1 Å². The van der Waals surface area contributed by atoms with Crippen molar-refractivity contribution in [1.82, 2.24) is 0 Å². The molecule has 0 amide bonds. The summed E-state index contributed by atoms with van der Waals surface area (Å²) in [6, 6.07) is 26.8. The van der Waals surface area contributed by atoms with Crippen molar-refractivity contribution in [3.8, 4) is 22.5 Å². The molecule has 68 heavy (non-hydrogen) atoms. The van der Waals surface area contributed by atoms with Crippen LogP contribution in [-0.4, -0.2) is 49.0 Å². The molecular weight excluding hydrogens is 949 g/mol. The summed E-state index contributed by atoms with van der Waals surface area (Å²) < 4.78 is 138. The minimum atomic E-state index is -5.10. The van der Waals surface area contributed by atoms with Crippen LogP contribution >= 0.6 is 0 Å². The van der Waals surface area contributed by atoms with Crippen molar-refractivity contribution in [2.24, 2.45) is 4.99 Å². The van der Waals surface area contributed by atoms with E-state index in [4.69, 9.17) is 9.41 Å². The third-order valence-corrected chi connectivity index (χ3v) is 15.6. The molecule has 6 aromatic carbocycles. The number of aryl methyl sites for hydroxylation is 5. The van der Waals surface area contributed by atoms with Gasteiger partial charge in [-0.25, -0.2) is 21.8 Å². The Balaban J connectivity index is 1.37. The van der Waals surface area contributed by atoms with Gasteiger partial charge in [0.05, 0.1) is 33.6 Å². The van der Waals surface area contributed by atoms with E-state index in [-0.39, 0.29) is 55.0 Å². The number of nitrogens with zero attached hydrogens (tertiary/aromatic N) is 1. The first-order valence-electron chi connectivity index (χ1n) is 20.8. The van der Waals surface area contributed by atoms with Crippen LogP contribution in [0.1, 0.15) is 38.9 Å². The Kier molecular flexibility index (Phi) is 12.1. The number of hydrogen-bond donors (Lipinski definition) is 5. The summed E-state index contributed by atoms with van der Waals surface area (Å²) >= 11 is 0. The minimum absolute atomic E-state index is 0.0159. The highest BCUT2D eigenvalue weighted by molar-refractivity contribution is 7.93. The van der Waals surface area contributed by atoms with Gasteiger partial charge < -0.3 is 9.73 Å². The van der Waals surface area contributed by atoms with Crippen molar-refractivity contribution >= 4 is 90.5 Å². The second-order valence-electron chi connectivity index (χ2n) is 16.8. The fourth-order valence-electron chi connectivity index (χ4n) is 8.82. The van der Waals surface area contributed by atoms with E-state index in [1.807, 2.05) is 32.0 Å². The third-order valence-electron chi connectivity index (χ3n) is 11.8. The van der Waals surface area contributed by atoms with E-state index in [1.165, 1.54) is 36.4 Å². The highest BCUT2D eigenvalue weighted by Crippen LogP contribution is 2.45. The van der Waals surface area contributed by atoms with Crippen LogP contribution in [-0.2, 0) is 40.3 Å². The lowest BCUT2D eigenvalue weighted by Gasteiger charge is -2.21. The smallest absolute Gasteiger partial charge is 0.296 e. The Labute approximate surface area is 394 Å². The molecule has 1 aliphatic carbocycles. The van der Waals surface area contributed by atoms with Crippen LogP contribution in [0.2, 0.25) is 0 Å². The van der Waals surface area contributed by atoms with Gasteiger partial charge in [0.2, 0.25) is 10.0 Å². The van der Waals surface area contributed by atoms with E-state index in [2.05, 4.69) is 14.8 Å². The highest BCUT2D eigenvalue weighted by atomic mass is 32.2. The predicted molar refractivity (Wildman–Crippen MR) is 266 cm³/mol. The molecule has 0 spiro atoms. The predicted octanol–water partition coefficient (Wildman–Crippen LogP) is 10.2. The SMILES string of the molecule is Cc1cc(C)c(NS(=O)(=O)c2cccc3c(C)cccc23)c(C)c1N=c1cc2oc3cc(Nc4c(C)cc(C)c(NS(C)(=O)=O)c4C)ccc3c(-c3ccccc3S(=O)(=O)O)c-2cc1S(=O)(=O)O. The van der Waals surface area contributed by atoms with Crippen LogP contribution in [0.25, 0.3) is 44.2 Å². The van der Waals surface area contributed by atoms with Gasteiger partial charge in [0.15, 0.2) is 0 Å².